The highest BCUT2D eigenvalue weighted by molar-refractivity contribution is 7.99. The summed E-state index contributed by atoms with van der Waals surface area (Å²) in [7, 11) is 1.93. The van der Waals surface area contributed by atoms with Gasteiger partial charge in [0.1, 0.15) is 5.82 Å². The highest BCUT2D eigenvalue weighted by atomic mass is 32.2. The van der Waals surface area contributed by atoms with Crippen molar-refractivity contribution in [3.05, 3.63) is 23.9 Å². The molecule has 1 N–H and O–H groups in total. The summed E-state index contributed by atoms with van der Waals surface area (Å²) in [5.41, 5.74) is 1.30. The Morgan fingerprint density at radius 2 is 2.50 bits per heavy atom. The number of rotatable bonds is 3. The molecule has 2 heterocycles. The third kappa shape index (κ3) is 2.89. The molecular formula is C12H19N3S. The van der Waals surface area contributed by atoms with Crippen molar-refractivity contribution in [2.24, 2.45) is 0 Å². The normalized spacial score (nSPS) is 22.0. The SMILES string of the molecule is CNc1ncccc1CN1CCSC(C)C1. The van der Waals surface area contributed by atoms with E-state index in [1.807, 2.05) is 19.3 Å². The molecule has 0 bridgehead atoms. The molecule has 1 fully saturated rings. The number of pyridine rings is 1. The Bertz CT molecular complexity index is 343. The number of hydrogen-bond donors (Lipinski definition) is 1. The van der Waals surface area contributed by atoms with Crippen LogP contribution in [0.5, 0.6) is 0 Å². The molecule has 0 aromatic carbocycles. The molecule has 0 saturated carbocycles. The average Bonchev–Trinajstić information content (AvgIpc) is 2.30. The lowest BCUT2D eigenvalue weighted by atomic mass is 10.2. The van der Waals surface area contributed by atoms with Gasteiger partial charge in [-0.15, -0.1) is 0 Å². The summed E-state index contributed by atoms with van der Waals surface area (Å²) in [5, 5.41) is 3.91. The van der Waals surface area contributed by atoms with Gasteiger partial charge in [0.2, 0.25) is 0 Å². The van der Waals surface area contributed by atoms with E-state index in [9.17, 15) is 0 Å². The molecule has 88 valence electrons. The maximum Gasteiger partial charge on any atom is 0.130 e. The average molecular weight is 237 g/mol. The van der Waals surface area contributed by atoms with Gasteiger partial charge in [0.15, 0.2) is 0 Å². The van der Waals surface area contributed by atoms with Crippen LogP contribution in [-0.4, -0.2) is 41.0 Å². The van der Waals surface area contributed by atoms with Crippen molar-refractivity contribution < 1.29 is 0 Å². The van der Waals surface area contributed by atoms with Crippen LogP contribution in [0.2, 0.25) is 0 Å². The van der Waals surface area contributed by atoms with E-state index in [0.717, 1.165) is 17.6 Å². The van der Waals surface area contributed by atoms with Crippen LogP contribution in [0.15, 0.2) is 18.3 Å². The Labute approximate surface area is 102 Å². The Morgan fingerprint density at radius 3 is 3.25 bits per heavy atom. The monoisotopic (exact) mass is 237 g/mol. The van der Waals surface area contributed by atoms with E-state index in [1.165, 1.54) is 24.4 Å². The zero-order valence-corrected chi connectivity index (χ0v) is 10.8. The third-order valence-electron chi connectivity index (χ3n) is 2.85. The molecule has 1 aliphatic rings. The van der Waals surface area contributed by atoms with Gasteiger partial charge in [-0.05, 0) is 6.07 Å². The first kappa shape index (κ1) is 11.7. The molecular weight excluding hydrogens is 218 g/mol. The molecule has 1 saturated heterocycles. The lowest BCUT2D eigenvalue weighted by Crippen LogP contribution is -2.36. The van der Waals surface area contributed by atoms with Gasteiger partial charge in [0.25, 0.3) is 0 Å². The van der Waals surface area contributed by atoms with Gasteiger partial charge in [0, 0.05) is 49.4 Å². The van der Waals surface area contributed by atoms with Gasteiger partial charge >= 0.3 is 0 Å². The molecule has 1 unspecified atom stereocenters. The van der Waals surface area contributed by atoms with Gasteiger partial charge < -0.3 is 5.32 Å². The number of nitrogens with zero attached hydrogens (tertiary/aromatic N) is 2. The smallest absolute Gasteiger partial charge is 0.130 e. The zero-order valence-electron chi connectivity index (χ0n) is 9.94. The van der Waals surface area contributed by atoms with E-state index in [2.05, 4.69) is 40.0 Å². The minimum absolute atomic E-state index is 0.753. The second-order valence-corrected chi connectivity index (χ2v) is 5.72. The van der Waals surface area contributed by atoms with Gasteiger partial charge in [-0.2, -0.15) is 11.8 Å². The summed E-state index contributed by atoms with van der Waals surface area (Å²) in [6.45, 7) is 5.68. The highest BCUT2D eigenvalue weighted by Crippen LogP contribution is 2.21. The third-order valence-corrected chi connectivity index (χ3v) is 3.98. The Morgan fingerprint density at radius 1 is 1.62 bits per heavy atom. The zero-order chi connectivity index (χ0) is 11.4. The van der Waals surface area contributed by atoms with Crippen molar-refractivity contribution in [1.82, 2.24) is 9.88 Å². The minimum atomic E-state index is 0.753. The fourth-order valence-corrected chi connectivity index (χ4v) is 3.15. The summed E-state index contributed by atoms with van der Waals surface area (Å²) < 4.78 is 0. The quantitative estimate of drug-likeness (QED) is 0.871. The molecule has 0 radical (unpaired) electrons. The van der Waals surface area contributed by atoms with Crippen LogP contribution < -0.4 is 5.32 Å². The summed E-state index contributed by atoms with van der Waals surface area (Å²) in [6.07, 6.45) is 1.84. The topological polar surface area (TPSA) is 28.2 Å². The fraction of sp³-hybridized carbons (Fsp3) is 0.583. The predicted molar refractivity (Wildman–Crippen MR) is 71.0 cm³/mol. The van der Waals surface area contributed by atoms with Gasteiger partial charge in [0.05, 0.1) is 0 Å². The van der Waals surface area contributed by atoms with E-state index in [0.29, 0.717) is 0 Å². The van der Waals surface area contributed by atoms with Crippen LogP contribution >= 0.6 is 11.8 Å². The molecule has 16 heavy (non-hydrogen) atoms. The van der Waals surface area contributed by atoms with Crippen LogP contribution in [0.4, 0.5) is 5.82 Å². The van der Waals surface area contributed by atoms with Crippen LogP contribution in [0.1, 0.15) is 12.5 Å². The van der Waals surface area contributed by atoms with E-state index >= 15 is 0 Å². The van der Waals surface area contributed by atoms with Gasteiger partial charge in [-0.25, -0.2) is 4.98 Å². The molecule has 0 spiro atoms. The number of hydrogen-bond acceptors (Lipinski definition) is 4. The second kappa shape index (κ2) is 5.55. The van der Waals surface area contributed by atoms with Crippen molar-refractivity contribution in [2.45, 2.75) is 18.7 Å². The van der Waals surface area contributed by atoms with E-state index < -0.39 is 0 Å². The van der Waals surface area contributed by atoms with Crippen LogP contribution in [0, 0.1) is 0 Å². The lowest BCUT2D eigenvalue weighted by Gasteiger charge is -2.30. The summed E-state index contributed by atoms with van der Waals surface area (Å²) >= 11 is 2.07. The summed E-state index contributed by atoms with van der Waals surface area (Å²) in [5.74, 6) is 2.25. The molecule has 1 atom stereocenters. The first-order chi connectivity index (χ1) is 7.79. The molecule has 3 nitrogen and oxygen atoms in total. The molecule has 0 amide bonds. The fourth-order valence-electron chi connectivity index (χ4n) is 2.07. The Kier molecular flexibility index (Phi) is 4.07. The maximum atomic E-state index is 4.34. The summed E-state index contributed by atoms with van der Waals surface area (Å²) in [4.78, 5) is 6.85. The lowest BCUT2D eigenvalue weighted by molar-refractivity contribution is 0.278. The summed E-state index contributed by atoms with van der Waals surface area (Å²) in [6, 6.07) is 4.17. The van der Waals surface area contributed by atoms with Gasteiger partial charge in [-0.1, -0.05) is 13.0 Å². The molecule has 1 aromatic rings. The number of aromatic nitrogens is 1. The number of anilines is 1. The predicted octanol–water partition coefficient (Wildman–Crippen LogP) is 2.06. The first-order valence-electron chi connectivity index (χ1n) is 5.75. The Balaban J connectivity index is 2.02. The second-order valence-electron chi connectivity index (χ2n) is 4.18. The molecule has 1 aliphatic heterocycles. The number of nitrogens with one attached hydrogen (secondary N) is 1. The van der Waals surface area contributed by atoms with Crippen molar-refractivity contribution in [1.29, 1.82) is 0 Å². The van der Waals surface area contributed by atoms with Crippen molar-refractivity contribution >= 4 is 17.6 Å². The first-order valence-corrected chi connectivity index (χ1v) is 6.80. The molecule has 0 aliphatic carbocycles. The van der Waals surface area contributed by atoms with E-state index in [4.69, 9.17) is 0 Å². The molecule has 1 aromatic heterocycles. The van der Waals surface area contributed by atoms with Crippen molar-refractivity contribution in [3.8, 4) is 0 Å². The highest BCUT2D eigenvalue weighted by Gasteiger charge is 2.17. The van der Waals surface area contributed by atoms with E-state index in [1.54, 1.807) is 0 Å². The van der Waals surface area contributed by atoms with Crippen molar-refractivity contribution in [2.75, 3.05) is 31.2 Å². The Hall–Kier alpha value is -0.740. The standard InChI is InChI=1S/C12H19N3S/c1-10-8-15(6-7-16-10)9-11-4-3-5-14-12(11)13-2/h3-5,10H,6-9H2,1-2H3,(H,13,14). The number of thioether (sulfide) groups is 1. The van der Waals surface area contributed by atoms with E-state index in [-0.39, 0.29) is 0 Å². The van der Waals surface area contributed by atoms with Crippen LogP contribution in [0.25, 0.3) is 0 Å². The minimum Gasteiger partial charge on any atom is -0.373 e. The van der Waals surface area contributed by atoms with Crippen LogP contribution in [-0.2, 0) is 6.54 Å². The molecule has 2 rings (SSSR count). The molecule has 4 heteroatoms. The largest absolute Gasteiger partial charge is 0.373 e. The van der Waals surface area contributed by atoms with Gasteiger partial charge in [-0.3, -0.25) is 4.90 Å². The maximum absolute atomic E-state index is 4.34. The van der Waals surface area contributed by atoms with Crippen molar-refractivity contribution in [3.63, 3.8) is 0 Å². The van der Waals surface area contributed by atoms with Crippen LogP contribution in [0.3, 0.4) is 0 Å².